The van der Waals surface area contributed by atoms with Gasteiger partial charge in [-0.2, -0.15) is 5.10 Å². The quantitative estimate of drug-likeness (QED) is 0.870. The smallest absolute Gasteiger partial charge is 0.182 e. The maximum Gasteiger partial charge on any atom is 0.182 e. The van der Waals surface area contributed by atoms with Crippen LogP contribution in [0.25, 0.3) is 0 Å². The number of nitrogens with zero attached hydrogens (tertiary/aromatic N) is 3. The van der Waals surface area contributed by atoms with Crippen LogP contribution in [0.1, 0.15) is 26.8 Å². The van der Waals surface area contributed by atoms with Crippen LogP contribution in [-0.2, 0) is 9.84 Å². The van der Waals surface area contributed by atoms with Crippen molar-refractivity contribution in [1.82, 2.24) is 9.78 Å². The van der Waals surface area contributed by atoms with Crippen molar-refractivity contribution in [3.63, 3.8) is 0 Å². The Morgan fingerprint density at radius 3 is 2.35 bits per heavy atom. The minimum Gasteiger partial charge on any atom is -0.383 e. The van der Waals surface area contributed by atoms with E-state index in [0.29, 0.717) is 12.4 Å². The fourth-order valence-corrected chi connectivity index (χ4v) is 2.57. The largest absolute Gasteiger partial charge is 0.383 e. The van der Waals surface area contributed by atoms with E-state index in [1.165, 1.54) is 4.68 Å². The van der Waals surface area contributed by atoms with Gasteiger partial charge in [0.15, 0.2) is 20.6 Å². The van der Waals surface area contributed by atoms with Gasteiger partial charge in [0.05, 0.1) is 0 Å². The molecule has 98 valence electrons. The first-order chi connectivity index (χ1) is 7.70. The van der Waals surface area contributed by atoms with E-state index in [2.05, 4.69) is 5.10 Å². The molecular formula is C10H20N4O2S. The molecule has 6 nitrogen and oxygen atoms in total. The Balaban J connectivity index is 3.54. The van der Waals surface area contributed by atoms with Gasteiger partial charge in [-0.15, -0.1) is 0 Å². The van der Waals surface area contributed by atoms with Crippen molar-refractivity contribution in [2.24, 2.45) is 0 Å². The molecule has 0 saturated carbocycles. The van der Waals surface area contributed by atoms with Crippen molar-refractivity contribution in [1.29, 1.82) is 0 Å². The van der Waals surface area contributed by atoms with Crippen molar-refractivity contribution in [3.8, 4) is 0 Å². The molecule has 0 aliphatic heterocycles. The molecule has 0 fully saturated rings. The lowest BCUT2D eigenvalue weighted by Crippen LogP contribution is -2.19. The van der Waals surface area contributed by atoms with E-state index in [1.807, 2.05) is 20.8 Å². The van der Waals surface area contributed by atoms with Gasteiger partial charge in [-0.25, -0.2) is 13.1 Å². The lowest BCUT2D eigenvalue weighted by molar-refractivity contribution is 0.539. The van der Waals surface area contributed by atoms with Gasteiger partial charge in [0.2, 0.25) is 0 Å². The first-order valence-electron chi connectivity index (χ1n) is 5.49. The number of rotatable bonds is 4. The number of hydrogen-bond acceptors (Lipinski definition) is 5. The molecule has 2 N–H and O–H groups in total. The molecule has 1 rings (SSSR count). The summed E-state index contributed by atoms with van der Waals surface area (Å²) in [5.41, 5.74) is 5.88. The molecule has 1 aromatic heterocycles. The van der Waals surface area contributed by atoms with Crippen molar-refractivity contribution in [3.05, 3.63) is 0 Å². The zero-order chi connectivity index (χ0) is 13.4. The van der Waals surface area contributed by atoms with E-state index < -0.39 is 9.84 Å². The lowest BCUT2D eigenvalue weighted by Gasteiger charge is -2.14. The summed E-state index contributed by atoms with van der Waals surface area (Å²) in [6.07, 6.45) is 1.15. The molecule has 17 heavy (non-hydrogen) atoms. The summed E-state index contributed by atoms with van der Waals surface area (Å²) in [7, 11) is -1.59. The summed E-state index contributed by atoms with van der Waals surface area (Å²) in [6, 6.07) is 0.0227. The molecule has 0 saturated heterocycles. The molecule has 0 aromatic carbocycles. The monoisotopic (exact) mass is 260 g/mol. The molecule has 0 spiro atoms. The van der Waals surface area contributed by atoms with Gasteiger partial charge >= 0.3 is 0 Å². The summed E-state index contributed by atoms with van der Waals surface area (Å²) in [5.74, 6) is 0.624. The third-order valence-corrected chi connectivity index (χ3v) is 3.71. The molecular weight excluding hydrogens is 240 g/mol. The van der Waals surface area contributed by atoms with Gasteiger partial charge in [0.25, 0.3) is 0 Å². The van der Waals surface area contributed by atoms with Crippen molar-refractivity contribution < 1.29 is 8.42 Å². The molecule has 0 radical (unpaired) electrons. The number of nitrogen functional groups attached to an aromatic ring is 1. The summed E-state index contributed by atoms with van der Waals surface area (Å²) in [4.78, 5) is 1.89. The van der Waals surface area contributed by atoms with Crippen LogP contribution in [0.15, 0.2) is 4.90 Å². The van der Waals surface area contributed by atoms with E-state index >= 15 is 0 Å². The Morgan fingerprint density at radius 1 is 1.47 bits per heavy atom. The lowest BCUT2D eigenvalue weighted by atomic mass is 10.4. The number of sulfone groups is 1. The fraction of sp³-hybridized carbons (Fsp3) is 0.700. The molecule has 0 aliphatic rings. The average molecular weight is 260 g/mol. The van der Waals surface area contributed by atoms with Crippen LogP contribution in [0.5, 0.6) is 0 Å². The summed E-state index contributed by atoms with van der Waals surface area (Å²) < 4.78 is 25.1. The maximum absolute atomic E-state index is 11.8. The first-order valence-corrected chi connectivity index (χ1v) is 7.38. The van der Waals surface area contributed by atoms with E-state index in [-0.39, 0.29) is 16.8 Å². The highest BCUT2D eigenvalue weighted by molar-refractivity contribution is 7.91. The van der Waals surface area contributed by atoms with Crippen LogP contribution in [0.2, 0.25) is 0 Å². The zero-order valence-corrected chi connectivity index (χ0v) is 11.7. The molecule has 0 amide bonds. The van der Waals surface area contributed by atoms with Gasteiger partial charge in [-0.05, 0) is 20.8 Å². The van der Waals surface area contributed by atoms with Crippen LogP contribution >= 0.6 is 0 Å². The predicted molar refractivity (Wildman–Crippen MR) is 69.1 cm³/mol. The SMILES string of the molecule is CCN(C)c1nn(C(C)C)c(N)c1S(C)(=O)=O. The molecule has 7 heteroatoms. The van der Waals surface area contributed by atoms with E-state index in [1.54, 1.807) is 11.9 Å². The Labute approximate surface area is 102 Å². The number of nitrogens with two attached hydrogens (primary N) is 1. The Morgan fingerprint density at radius 2 is 2.00 bits per heavy atom. The Bertz CT molecular complexity index is 505. The minimum atomic E-state index is -3.38. The highest BCUT2D eigenvalue weighted by Gasteiger charge is 2.26. The van der Waals surface area contributed by atoms with Crippen molar-refractivity contribution in [2.75, 3.05) is 30.5 Å². The average Bonchev–Trinajstić information content (AvgIpc) is 2.54. The van der Waals surface area contributed by atoms with Crippen LogP contribution in [-0.4, -0.2) is 38.0 Å². The van der Waals surface area contributed by atoms with E-state index in [9.17, 15) is 8.42 Å². The topological polar surface area (TPSA) is 81.2 Å². The third kappa shape index (κ3) is 2.54. The Kier molecular flexibility index (Phi) is 3.71. The molecule has 1 heterocycles. The van der Waals surface area contributed by atoms with Crippen LogP contribution in [0.4, 0.5) is 11.6 Å². The number of hydrogen-bond donors (Lipinski definition) is 1. The summed E-state index contributed by atoms with van der Waals surface area (Å²) >= 11 is 0. The van der Waals surface area contributed by atoms with E-state index in [0.717, 1.165) is 6.26 Å². The normalized spacial score (nSPS) is 12.1. The van der Waals surface area contributed by atoms with Crippen LogP contribution in [0, 0.1) is 0 Å². The summed E-state index contributed by atoms with van der Waals surface area (Å²) in [5, 5.41) is 4.28. The molecule has 0 aliphatic carbocycles. The van der Waals surface area contributed by atoms with Crippen LogP contribution in [0.3, 0.4) is 0 Å². The maximum atomic E-state index is 11.8. The number of aromatic nitrogens is 2. The Hall–Kier alpha value is -1.24. The molecule has 0 unspecified atom stereocenters. The molecule has 0 atom stereocenters. The van der Waals surface area contributed by atoms with Gasteiger partial charge in [-0.1, -0.05) is 0 Å². The highest BCUT2D eigenvalue weighted by atomic mass is 32.2. The van der Waals surface area contributed by atoms with Gasteiger partial charge in [0, 0.05) is 25.9 Å². The third-order valence-electron chi connectivity index (χ3n) is 2.58. The van der Waals surface area contributed by atoms with Gasteiger partial charge in [0.1, 0.15) is 5.82 Å². The van der Waals surface area contributed by atoms with Gasteiger partial charge < -0.3 is 10.6 Å². The minimum absolute atomic E-state index is 0.0227. The number of anilines is 2. The molecule has 0 bridgehead atoms. The molecule has 1 aromatic rings. The second-order valence-electron chi connectivity index (χ2n) is 4.36. The predicted octanol–water partition coefficient (Wildman–Crippen LogP) is 0.906. The first kappa shape index (κ1) is 13.8. The van der Waals surface area contributed by atoms with Crippen molar-refractivity contribution >= 4 is 21.5 Å². The van der Waals surface area contributed by atoms with E-state index in [4.69, 9.17) is 5.73 Å². The fourth-order valence-electron chi connectivity index (χ4n) is 1.57. The van der Waals surface area contributed by atoms with Gasteiger partial charge in [-0.3, -0.25) is 0 Å². The van der Waals surface area contributed by atoms with Crippen LogP contribution < -0.4 is 10.6 Å². The second kappa shape index (κ2) is 4.56. The zero-order valence-electron chi connectivity index (χ0n) is 10.9. The standard InChI is InChI=1S/C10H20N4O2S/c1-6-13(4)10-8(17(5,15)16)9(11)14(12-10)7(2)3/h7H,6,11H2,1-5H3. The summed E-state index contributed by atoms with van der Waals surface area (Å²) in [6.45, 7) is 6.41. The van der Waals surface area contributed by atoms with Crippen molar-refractivity contribution in [2.45, 2.75) is 31.7 Å². The highest BCUT2D eigenvalue weighted by Crippen LogP contribution is 2.31. The second-order valence-corrected chi connectivity index (χ2v) is 6.32.